The molecule has 0 fully saturated rings. The van der Waals surface area contributed by atoms with Crippen LogP contribution in [-0.2, 0) is 4.79 Å². The predicted molar refractivity (Wildman–Crippen MR) is 87.9 cm³/mol. The summed E-state index contributed by atoms with van der Waals surface area (Å²) < 4.78 is 5.92. The van der Waals surface area contributed by atoms with Crippen molar-refractivity contribution in [1.82, 2.24) is 5.32 Å². The van der Waals surface area contributed by atoms with Crippen LogP contribution in [0, 0.1) is 6.92 Å². The number of ether oxygens (including phenoxy) is 1. The summed E-state index contributed by atoms with van der Waals surface area (Å²) in [5, 5.41) is 3.00. The normalized spacial score (nSPS) is 13.9. The summed E-state index contributed by atoms with van der Waals surface area (Å²) in [5.74, 6) is 1.14. The summed E-state index contributed by atoms with van der Waals surface area (Å²) >= 11 is 0. The first-order chi connectivity index (χ1) is 9.85. The summed E-state index contributed by atoms with van der Waals surface area (Å²) in [6.07, 6.45) is 1.57. The number of carbonyl (C=O) groups excluding carboxylic acids is 1. The van der Waals surface area contributed by atoms with Crippen LogP contribution in [0.1, 0.15) is 64.5 Å². The van der Waals surface area contributed by atoms with Crippen LogP contribution < -0.4 is 10.1 Å². The number of rotatable bonds is 7. The molecule has 1 aromatic rings. The van der Waals surface area contributed by atoms with Crippen LogP contribution in [0.25, 0.3) is 0 Å². The Balaban J connectivity index is 2.76. The highest BCUT2D eigenvalue weighted by atomic mass is 16.5. The maximum atomic E-state index is 12.2. The molecule has 0 bridgehead atoms. The summed E-state index contributed by atoms with van der Waals surface area (Å²) in [6.45, 7) is 12.2. The summed E-state index contributed by atoms with van der Waals surface area (Å²) in [6, 6.07) is 6.36. The number of aryl methyl sites for hydroxylation is 1. The lowest BCUT2D eigenvalue weighted by molar-refractivity contribution is -0.127. The first-order valence-electron chi connectivity index (χ1n) is 7.92. The van der Waals surface area contributed by atoms with Gasteiger partial charge in [0.25, 0.3) is 5.91 Å². The Labute approximate surface area is 129 Å². The minimum absolute atomic E-state index is 0.0489. The van der Waals surface area contributed by atoms with Gasteiger partial charge in [0.1, 0.15) is 5.75 Å². The zero-order chi connectivity index (χ0) is 16.0. The summed E-state index contributed by atoms with van der Waals surface area (Å²) in [4.78, 5) is 12.2. The highest BCUT2D eigenvalue weighted by Crippen LogP contribution is 2.28. The number of nitrogens with one attached hydrogen (secondary N) is 1. The van der Waals surface area contributed by atoms with E-state index < -0.39 is 6.10 Å². The van der Waals surface area contributed by atoms with E-state index in [0.29, 0.717) is 5.92 Å². The molecule has 2 atom stereocenters. The smallest absolute Gasteiger partial charge is 0.260 e. The zero-order valence-electron chi connectivity index (χ0n) is 14.2. The maximum Gasteiger partial charge on any atom is 0.260 e. The van der Waals surface area contributed by atoms with Crippen LogP contribution in [0.5, 0.6) is 5.75 Å². The number of hydrogen-bond donors (Lipinski definition) is 1. The molecule has 1 N–H and O–H groups in total. The maximum absolute atomic E-state index is 12.2. The fraction of sp³-hybridized carbons (Fsp3) is 0.611. The van der Waals surface area contributed by atoms with E-state index >= 15 is 0 Å². The number of amides is 1. The lowest BCUT2D eigenvalue weighted by Gasteiger charge is -2.21. The van der Waals surface area contributed by atoms with Crippen molar-refractivity contribution in [3.8, 4) is 5.75 Å². The van der Waals surface area contributed by atoms with E-state index in [9.17, 15) is 4.79 Å². The largest absolute Gasteiger partial charge is 0.481 e. The zero-order valence-corrected chi connectivity index (χ0v) is 14.2. The predicted octanol–water partition coefficient (Wildman–Crippen LogP) is 4.19. The molecule has 0 heterocycles. The van der Waals surface area contributed by atoms with Crippen molar-refractivity contribution in [2.75, 3.05) is 0 Å². The van der Waals surface area contributed by atoms with E-state index in [2.05, 4.69) is 38.2 Å². The molecule has 0 aliphatic rings. The van der Waals surface area contributed by atoms with Crippen molar-refractivity contribution in [3.63, 3.8) is 0 Å². The van der Waals surface area contributed by atoms with E-state index in [0.717, 1.165) is 29.7 Å². The summed E-state index contributed by atoms with van der Waals surface area (Å²) in [5.41, 5.74) is 2.28. The van der Waals surface area contributed by atoms with Crippen LogP contribution in [0.2, 0.25) is 0 Å². The van der Waals surface area contributed by atoms with Gasteiger partial charge in [-0.2, -0.15) is 0 Å². The molecule has 0 saturated carbocycles. The van der Waals surface area contributed by atoms with Crippen LogP contribution >= 0.6 is 0 Å². The molecule has 1 rings (SSSR count). The van der Waals surface area contributed by atoms with Gasteiger partial charge in [0.2, 0.25) is 0 Å². The third kappa shape index (κ3) is 5.41. The molecular formula is C18H29NO2. The van der Waals surface area contributed by atoms with Crippen molar-refractivity contribution in [1.29, 1.82) is 0 Å². The van der Waals surface area contributed by atoms with Gasteiger partial charge in [-0.15, -0.1) is 0 Å². The average molecular weight is 291 g/mol. The molecule has 3 heteroatoms. The molecule has 21 heavy (non-hydrogen) atoms. The standard InChI is InChI=1S/C18H29NO2/c1-7-8-14(5)19-18(20)15(6)21-17-11-13(4)9-10-16(17)12(2)3/h9-12,14-15H,7-8H2,1-6H3,(H,19,20)/t14-,15-/m1/s1. The molecule has 0 aromatic heterocycles. The average Bonchev–Trinajstić information content (AvgIpc) is 2.38. The van der Waals surface area contributed by atoms with Crippen LogP contribution in [0.3, 0.4) is 0 Å². The van der Waals surface area contributed by atoms with Gasteiger partial charge < -0.3 is 10.1 Å². The lowest BCUT2D eigenvalue weighted by Crippen LogP contribution is -2.41. The van der Waals surface area contributed by atoms with Crippen LogP contribution in [-0.4, -0.2) is 18.1 Å². The molecule has 0 radical (unpaired) electrons. The third-order valence-electron chi connectivity index (χ3n) is 3.57. The van der Waals surface area contributed by atoms with E-state index in [4.69, 9.17) is 4.74 Å². The van der Waals surface area contributed by atoms with Gasteiger partial charge in [0, 0.05) is 6.04 Å². The van der Waals surface area contributed by atoms with E-state index in [1.165, 1.54) is 0 Å². The Hall–Kier alpha value is -1.51. The SMILES string of the molecule is CCC[C@@H](C)NC(=O)[C@@H](C)Oc1cc(C)ccc1C(C)C. The van der Waals surface area contributed by atoms with Crippen LogP contribution in [0.4, 0.5) is 0 Å². The van der Waals surface area contributed by atoms with Crippen molar-refractivity contribution >= 4 is 5.91 Å². The molecule has 0 spiro atoms. The van der Waals surface area contributed by atoms with E-state index in [1.54, 1.807) is 6.92 Å². The topological polar surface area (TPSA) is 38.3 Å². The summed E-state index contributed by atoms with van der Waals surface area (Å²) in [7, 11) is 0. The Kier molecular flexibility index (Phi) is 6.73. The molecule has 0 saturated heterocycles. The minimum atomic E-state index is -0.483. The van der Waals surface area contributed by atoms with Gasteiger partial charge >= 0.3 is 0 Å². The monoisotopic (exact) mass is 291 g/mol. The number of hydrogen-bond acceptors (Lipinski definition) is 2. The minimum Gasteiger partial charge on any atom is -0.481 e. The lowest BCUT2D eigenvalue weighted by atomic mass is 10.0. The highest BCUT2D eigenvalue weighted by molar-refractivity contribution is 5.81. The Morgan fingerprint density at radius 1 is 1.24 bits per heavy atom. The first-order valence-corrected chi connectivity index (χ1v) is 7.92. The Bertz CT molecular complexity index is 468. The molecule has 1 amide bonds. The molecule has 0 aliphatic heterocycles. The van der Waals surface area contributed by atoms with Crippen molar-refractivity contribution in [3.05, 3.63) is 29.3 Å². The quantitative estimate of drug-likeness (QED) is 0.818. The van der Waals surface area contributed by atoms with Gasteiger partial charge in [-0.25, -0.2) is 0 Å². The molecule has 0 aliphatic carbocycles. The molecule has 118 valence electrons. The second kappa shape index (κ2) is 8.06. The van der Waals surface area contributed by atoms with E-state index in [-0.39, 0.29) is 11.9 Å². The van der Waals surface area contributed by atoms with Gasteiger partial charge in [-0.1, -0.05) is 39.3 Å². The van der Waals surface area contributed by atoms with Gasteiger partial charge in [-0.05, 0) is 50.3 Å². The van der Waals surface area contributed by atoms with Crippen molar-refractivity contribution in [2.45, 2.75) is 72.4 Å². The van der Waals surface area contributed by atoms with Gasteiger partial charge in [0.15, 0.2) is 6.10 Å². The fourth-order valence-corrected chi connectivity index (χ4v) is 2.33. The molecule has 0 unspecified atom stereocenters. The van der Waals surface area contributed by atoms with Gasteiger partial charge in [0.05, 0.1) is 0 Å². The fourth-order valence-electron chi connectivity index (χ4n) is 2.33. The van der Waals surface area contributed by atoms with Gasteiger partial charge in [-0.3, -0.25) is 4.79 Å². The Morgan fingerprint density at radius 2 is 1.90 bits per heavy atom. The second-order valence-corrected chi connectivity index (χ2v) is 6.15. The Morgan fingerprint density at radius 3 is 2.48 bits per heavy atom. The first kappa shape index (κ1) is 17.5. The van der Waals surface area contributed by atoms with E-state index in [1.807, 2.05) is 19.9 Å². The second-order valence-electron chi connectivity index (χ2n) is 6.15. The highest BCUT2D eigenvalue weighted by Gasteiger charge is 2.18. The van der Waals surface area contributed by atoms with Crippen molar-refractivity contribution < 1.29 is 9.53 Å². The van der Waals surface area contributed by atoms with Crippen molar-refractivity contribution in [2.24, 2.45) is 0 Å². The third-order valence-corrected chi connectivity index (χ3v) is 3.57. The molecule has 3 nitrogen and oxygen atoms in total. The molecule has 1 aromatic carbocycles. The molecular weight excluding hydrogens is 262 g/mol. The number of benzene rings is 1. The number of carbonyl (C=O) groups is 1. The van der Waals surface area contributed by atoms with Crippen LogP contribution in [0.15, 0.2) is 18.2 Å².